The number of carbonyl (C=O) groups is 1. The number of para-hydroxylation sites is 1. The number of aryl methyl sites for hydroxylation is 1. The number of hydrogen-bond donors (Lipinski definition) is 2. The first kappa shape index (κ1) is 22.9. The number of thioether (sulfide) groups is 1. The Labute approximate surface area is 202 Å². The van der Waals surface area contributed by atoms with E-state index >= 15 is 0 Å². The van der Waals surface area contributed by atoms with Gasteiger partial charge < -0.3 is 10.6 Å². The van der Waals surface area contributed by atoms with Crippen LogP contribution < -0.4 is 10.6 Å². The summed E-state index contributed by atoms with van der Waals surface area (Å²) in [5.74, 6) is 0.869. The molecule has 0 aliphatic rings. The van der Waals surface area contributed by atoms with E-state index in [4.69, 9.17) is 11.6 Å². The van der Waals surface area contributed by atoms with Crippen molar-refractivity contribution in [2.75, 3.05) is 16.4 Å². The number of carbonyl (C=O) groups excluding carboxylic acids is 1. The summed E-state index contributed by atoms with van der Waals surface area (Å²) in [7, 11) is 0. The monoisotopic (exact) mass is 477 g/mol. The van der Waals surface area contributed by atoms with E-state index in [0.717, 1.165) is 34.0 Å². The molecule has 1 aromatic heterocycles. The van der Waals surface area contributed by atoms with E-state index in [9.17, 15) is 4.79 Å². The number of halogens is 1. The van der Waals surface area contributed by atoms with E-state index in [-0.39, 0.29) is 11.7 Å². The summed E-state index contributed by atoms with van der Waals surface area (Å²) in [5, 5.41) is 16.4. The van der Waals surface area contributed by atoms with Crippen molar-refractivity contribution in [1.29, 1.82) is 0 Å². The molecule has 0 saturated carbocycles. The summed E-state index contributed by atoms with van der Waals surface area (Å²) >= 11 is 7.44. The molecule has 6 nitrogen and oxygen atoms in total. The van der Waals surface area contributed by atoms with Gasteiger partial charge in [-0.2, -0.15) is 0 Å². The van der Waals surface area contributed by atoms with Crippen molar-refractivity contribution in [3.8, 4) is 5.69 Å². The lowest BCUT2D eigenvalue weighted by Gasteiger charge is -2.12. The molecular formula is C25H24ClN5OS. The zero-order valence-corrected chi connectivity index (χ0v) is 20.0. The molecule has 168 valence electrons. The van der Waals surface area contributed by atoms with E-state index < -0.39 is 0 Å². The van der Waals surface area contributed by atoms with Crippen LogP contribution in [0.25, 0.3) is 5.69 Å². The Balaban J connectivity index is 1.50. The zero-order valence-electron chi connectivity index (χ0n) is 18.4. The lowest BCUT2D eigenvalue weighted by Crippen LogP contribution is -2.16. The van der Waals surface area contributed by atoms with Crippen LogP contribution in [0, 0.1) is 13.8 Å². The van der Waals surface area contributed by atoms with Gasteiger partial charge in [-0.1, -0.05) is 59.8 Å². The highest BCUT2D eigenvalue weighted by Gasteiger charge is 2.16. The Hall–Kier alpha value is -3.29. The third-order valence-corrected chi connectivity index (χ3v) is 6.37. The average Bonchev–Trinajstić information content (AvgIpc) is 3.23. The molecule has 0 aliphatic carbocycles. The van der Waals surface area contributed by atoms with Crippen molar-refractivity contribution in [2.24, 2.45) is 0 Å². The Morgan fingerprint density at radius 3 is 2.58 bits per heavy atom. The molecule has 0 spiro atoms. The van der Waals surface area contributed by atoms with Gasteiger partial charge in [-0.25, -0.2) is 0 Å². The number of amides is 1. The van der Waals surface area contributed by atoms with Crippen LogP contribution in [0.15, 0.2) is 78.0 Å². The van der Waals surface area contributed by atoms with E-state index in [2.05, 4.69) is 20.8 Å². The molecule has 0 saturated heterocycles. The molecule has 0 unspecified atom stereocenters. The number of rotatable bonds is 8. The van der Waals surface area contributed by atoms with Crippen molar-refractivity contribution in [3.63, 3.8) is 0 Å². The maximum atomic E-state index is 12.6. The van der Waals surface area contributed by atoms with Crippen LogP contribution in [0.4, 0.5) is 11.4 Å². The summed E-state index contributed by atoms with van der Waals surface area (Å²) < 4.78 is 1.97. The lowest BCUT2D eigenvalue weighted by atomic mass is 10.1. The molecule has 3 aromatic carbocycles. The minimum Gasteiger partial charge on any atom is -0.378 e. The minimum absolute atomic E-state index is 0.0880. The minimum atomic E-state index is -0.0880. The summed E-state index contributed by atoms with van der Waals surface area (Å²) in [6, 6.07) is 23.3. The lowest BCUT2D eigenvalue weighted by molar-refractivity contribution is -0.113. The number of benzene rings is 3. The number of nitrogens with one attached hydrogen (secondary N) is 2. The fourth-order valence-corrected chi connectivity index (χ4v) is 4.29. The molecule has 0 aliphatic heterocycles. The van der Waals surface area contributed by atoms with E-state index in [0.29, 0.717) is 16.7 Å². The topological polar surface area (TPSA) is 71.8 Å². The number of hydrogen-bond acceptors (Lipinski definition) is 5. The van der Waals surface area contributed by atoms with Crippen LogP contribution in [0.3, 0.4) is 0 Å². The Kier molecular flexibility index (Phi) is 7.32. The second kappa shape index (κ2) is 10.6. The van der Waals surface area contributed by atoms with Gasteiger partial charge in [0.15, 0.2) is 11.0 Å². The van der Waals surface area contributed by atoms with Gasteiger partial charge in [0.25, 0.3) is 0 Å². The molecule has 0 bridgehead atoms. The van der Waals surface area contributed by atoms with Crippen LogP contribution in [0.2, 0.25) is 5.02 Å². The fourth-order valence-electron chi connectivity index (χ4n) is 3.33. The maximum Gasteiger partial charge on any atom is 0.234 e. The molecule has 0 atom stereocenters. The Morgan fingerprint density at radius 2 is 1.79 bits per heavy atom. The SMILES string of the molecule is Cc1cccc(NC(=O)CSc2nnc(CNc3cccc(Cl)c3)n2-c2ccccc2)c1C. The molecule has 4 rings (SSSR count). The maximum absolute atomic E-state index is 12.6. The van der Waals surface area contributed by atoms with Gasteiger partial charge >= 0.3 is 0 Å². The molecule has 0 fully saturated rings. The first-order chi connectivity index (χ1) is 16.0. The number of nitrogens with zero attached hydrogens (tertiary/aromatic N) is 3. The standard InChI is InChI=1S/C25H24ClN5OS/c1-17-8-6-13-22(18(17)2)28-24(32)16-33-25-30-29-23(31(25)21-11-4-3-5-12-21)15-27-20-10-7-9-19(26)14-20/h3-14,27H,15-16H2,1-2H3,(H,28,32). The predicted molar refractivity (Wildman–Crippen MR) is 135 cm³/mol. The van der Waals surface area contributed by atoms with Gasteiger partial charge in [0.2, 0.25) is 5.91 Å². The van der Waals surface area contributed by atoms with Crippen molar-refractivity contribution in [2.45, 2.75) is 25.5 Å². The van der Waals surface area contributed by atoms with E-state index in [1.165, 1.54) is 11.8 Å². The zero-order chi connectivity index (χ0) is 23.2. The average molecular weight is 478 g/mol. The Morgan fingerprint density at radius 1 is 1.00 bits per heavy atom. The number of anilines is 2. The van der Waals surface area contributed by atoms with Crippen LogP contribution in [-0.2, 0) is 11.3 Å². The first-order valence-corrected chi connectivity index (χ1v) is 11.9. The van der Waals surface area contributed by atoms with Gasteiger partial charge in [0.1, 0.15) is 0 Å². The van der Waals surface area contributed by atoms with E-state index in [1.807, 2.05) is 91.2 Å². The van der Waals surface area contributed by atoms with Crippen LogP contribution in [-0.4, -0.2) is 26.4 Å². The van der Waals surface area contributed by atoms with Gasteiger partial charge in [0, 0.05) is 22.1 Å². The summed E-state index contributed by atoms with van der Waals surface area (Å²) in [6.07, 6.45) is 0. The fraction of sp³-hybridized carbons (Fsp3) is 0.160. The summed E-state index contributed by atoms with van der Waals surface area (Å²) in [6.45, 7) is 4.49. The smallest absolute Gasteiger partial charge is 0.234 e. The van der Waals surface area contributed by atoms with Gasteiger partial charge in [-0.3, -0.25) is 9.36 Å². The van der Waals surface area contributed by atoms with Gasteiger partial charge in [-0.15, -0.1) is 10.2 Å². The highest BCUT2D eigenvalue weighted by atomic mass is 35.5. The molecule has 1 heterocycles. The highest BCUT2D eigenvalue weighted by molar-refractivity contribution is 7.99. The third kappa shape index (κ3) is 5.74. The van der Waals surface area contributed by atoms with Crippen molar-refractivity contribution in [3.05, 3.63) is 94.8 Å². The van der Waals surface area contributed by atoms with Crippen molar-refractivity contribution < 1.29 is 4.79 Å². The normalized spacial score (nSPS) is 10.8. The molecule has 1 amide bonds. The van der Waals surface area contributed by atoms with Crippen molar-refractivity contribution >= 4 is 40.6 Å². The largest absolute Gasteiger partial charge is 0.378 e. The van der Waals surface area contributed by atoms with Gasteiger partial charge in [0.05, 0.1) is 12.3 Å². The first-order valence-electron chi connectivity index (χ1n) is 10.5. The van der Waals surface area contributed by atoms with Crippen LogP contribution >= 0.6 is 23.4 Å². The Bertz CT molecular complexity index is 1260. The molecule has 0 radical (unpaired) electrons. The predicted octanol–water partition coefficient (Wildman–Crippen LogP) is 5.88. The second-order valence-corrected chi connectivity index (χ2v) is 8.90. The highest BCUT2D eigenvalue weighted by Crippen LogP contribution is 2.24. The van der Waals surface area contributed by atoms with Gasteiger partial charge in [-0.05, 0) is 61.4 Å². The summed E-state index contributed by atoms with van der Waals surface area (Å²) in [5.41, 5.74) is 4.87. The number of aromatic nitrogens is 3. The van der Waals surface area contributed by atoms with Crippen molar-refractivity contribution in [1.82, 2.24) is 14.8 Å². The van der Waals surface area contributed by atoms with Crippen LogP contribution in [0.1, 0.15) is 17.0 Å². The molecule has 33 heavy (non-hydrogen) atoms. The second-order valence-electron chi connectivity index (χ2n) is 7.52. The molecule has 2 N–H and O–H groups in total. The molecular weight excluding hydrogens is 454 g/mol. The molecule has 4 aromatic rings. The third-order valence-electron chi connectivity index (χ3n) is 5.20. The quantitative estimate of drug-likeness (QED) is 0.310. The summed E-state index contributed by atoms with van der Waals surface area (Å²) in [4.78, 5) is 12.6. The van der Waals surface area contributed by atoms with Crippen LogP contribution in [0.5, 0.6) is 0 Å². The molecule has 8 heteroatoms. The van der Waals surface area contributed by atoms with E-state index in [1.54, 1.807) is 0 Å².